The van der Waals surface area contributed by atoms with E-state index < -0.39 is 0 Å². The third-order valence-electron chi connectivity index (χ3n) is 2.09. The molecular formula is C12H17N3O. The monoisotopic (exact) mass is 219 g/mol. The molecule has 0 spiro atoms. The van der Waals surface area contributed by atoms with Crippen molar-refractivity contribution in [1.29, 1.82) is 0 Å². The number of para-hydroxylation sites is 1. The summed E-state index contributed by atoms with van der Waals surface area (Å²) >= 11 is 0. The largest absolute Gasteiger partial charge is 0.339 e. The van der Waals surface area contributed by atoms with Crippen LogP contribution in [0.15, 0.2) is 29.4 Å². The van der Waals surface area contributed by atoms with Crippen LogP contribution in [0.4, 0.5) is 10.5 Å². The van der Waals surface area contributed by atoms with Gasteiger partial charge in [0.15, 0.2) is 0 Å². The number of hydrazone groups is 1. The van der Waals surface area contributed by atoms with Gasteiger partial charge in [0, 0.05) is 11.9 Å². The minimum absolute atomic E-state index is 0.314. The number of nitrogens with one attached hydrogen (secondary N) is 2. The fraction of sp³-hybridized carbons (Fsp3) is 0.333. The first-order valence-electron chi connectivity index (χ1n) is 5.44. The number of nitrogens with zero attached hydrogens (tertiary/aromatic N) is 1. The lowest BCUT2D eigenvalue weighted by Crippen LogP contribution is -2.24. The standard InChI is InChI=1S/C12H17N3O/c1-3-9-13-15-12(16)14-11-8-6-5-7-10(11)4-2/h5-9H,3-4H2,1-2H3,(H2,14,15,16)/b13-9+. The molecular weight excluding hydrogens is 202 g/mol. The normalized spacial score (nSPS) is 10.4. The average Bonchev–Trinajstić information content (AvgIpc) is 2.30. The Balaban J connectivity index is 2.58. The van der Waals surface area contributed by atoms with Crippen LogP contribution < -0.4 is 10.7 Å². The molecule has 1 aromatic rings. The molecule has 0 aliphatic rings. The summed E-state index contributed by atoms with van der Waals surface area (Å²) in [6, 6.07) is 7.40. The summed E-state index contributed by atoms with van der Waals surface area (Å²) in [4.78, 5) is 11.4. The molecule has 0 aliphatic heterocycles. The van der Waals surface area contributed by atoms with Gasteiger partial charge >= 0.3 is 6.03 Å². The predicted octanol–water partition coefficient (Wildman–Crippen LogP) is 2.77. The van der Waals surface area contributed by atoms with Crippen LogP contribution in [0.25, 0.3) is 0 Å². The Kier molecular flexibility index (Phi) is 5.05. The van der Waals surface area contributed by atoms with Gasteiger partial charge in [0.2, 0.25) is 0 Å². The van der Waals surface area contributed by atoms with Crippen LogP contribution in [0.2, 0.25) is 0 Å². The highest BCUT2D eigenvalue weighted by molar-refractivity contribution is 5.90. The molecule has 0 saturated heterocycles. The zero-order valence-corrected chi connectivity index (χ0v) is 9.66. The molecule has 0 unspecified atom stereocenters. The van der Waals surface area contributed by atoms with Gasteiger partial charge in [0.25, 0.3) is 0 Å². The number of hydrogen-bond acceptors (Lipinski definition) is 2. The molecule has 86 valence electrons. The Morgan fingerprint density at radius 1 is 1.38 bits per heavy atom. The maximum Gasteiger partial charge on any atom is 0.339 e. The fourth-order valence-corrected chi connectivity index (χ4v) is 1.30. The van der Waals surface area contributed by atoms with E-state index >= 15 is 0 Å². The van der Waals surface area contributed by atoms with Crippen LogP contribution in [0.1, 0.15) is 25.8 Å². The van der Waals surface area contributed by atoms with Gasteiger partial charge in [-0.1, -0.05) is 32.0 Å². The number of aryl methyl sites for hydroxylation is 1. The first-order chi connectivity index (χ1) is 7.77. The van der Waals surface area contributed by atoms with Crippen LogP contribution in [0.5, 0.6) is 0 Å². The van der Waals surface area contributed by atoms with Crippen molar-refractivity contribution < 1.29 is 4.79 Å². The van der Waals surface area contributed by atoms with E-state index in [1.807, 2.05) is 38.1 Å². The second kappa shape index (κ2) is 6.61. The number of anilines is 1. The van der Waals surface area contributed by atoms with Crippen molar-refractivity contribution in [3.05, 3.63) is 29.8 Å². The molecule has 1 rings (SSSR count). The SMILES string of the molecule is CC/C=N/NC(=O)Nc1ccccc1CC. The second-order valence-corrected chi connectivity index (χ2v) is 3.30. The molecule has 1 aromatic carbocycles. The Bertz CT molecular complexity index is 374. The van der Waals surface area contributed by atoms with E-state index in [1.165, 1.54) is 0 Å². The first-order valence-corrected chi connectivity index (χ1v) is 5.44. The molecule has 4 nitrogen and oxygen atoms in total. The van der Waals surface area contributed by atoms with Gasteiger partial charge in [0.1, 0.15) is 0 Å². The highest BCUT2D eigenvalue weighted by atomic mass is 16.2. The van der Waals surface area contributed by atoms with Gasteiger partial charge in [-0.25, -0.2) is 10.2 Å². The number of urea groups is 1. The summed E-state index contributed by atoms with van der Waals surface area (Å²) in [5.74, 6) is 0. The van der Waals surface area contributed by atoms with Crippen molar-refractivity contribution >= 4 is 17.9 Å². The Labute approximate surface area is 95.7 Å². The predicted molar refractivity (Wildman–Crippen MR) is 66.8 cm³/mol. The smallest absolute Gasteiger partial charge is 0.306 e. The van der Waals surface area contributed by atoms with Gasteiger partial charge in [-0.15, -0.1) is 0 Å². The number of carbonyl (C=O) groups is 1. The quantitative estimate of drug-likeness (QED) is 0.593. The van der Waals surface area contributed by atoms with Crippen LogP contribution in [-0.4, -0.2) is 12.2 Å². The maximum atomic E-state index is 11.4. The highest BCUT2D eigenvalue weighted by Crippen LogP contribution is 2.14. The molecule has 16 heavy (non-hydrogen) atoms. The summed E-state index contributed by atoms with van der Waals surface area (Å²) in [6.45, 7) is 4.00. The van der Waals surface area contributed by atoms with Crippen molar-refractivity contribution in [2.24, 2.45) is 5.10 Å². The lowest BCUT2D eigenvalue weighted by Gasteiger charge is -2.08. The maximum absolute atomic E-state index is 11.4. The number of benzene rings is 1. The van der Waals surface area contributed by atoms with E-state index in [9.17, 15) is 4.79 Å². The Morgan fingerprint density at radius 3 is 2.81 bits per heavy atom. The van der Waals surface area contributed by atoms with Crippen LogP contribution in [0, 0.1) is 0 Å². The van der Waals surface area contributed by atoms with Crippen molar-refractivity contribution in [2.45, 2.75) is 26.7 Å². The first kappa shape index (κ1) is 12.2. The van der Waals surface area contributed by atoms with Crippen LogP contribution in [-0.2, 0) is 6.42 Å². The van der Waals surface area contributed by atoms with Crippen molar-refractivity contribution in [2.75, 3.05) is 5.32 Å². The fourth-order valence-electron chi connectivity index (χ4n) is 1.30. The molecule has 0 bridgehead atoms. The number of rotatable bonds is 4. The van der Waals surface area contributed by atoms with E-state index in [-0.39, 0.29) is 6.03 Å². The summed E-state index contributed by atoms with van der Waals surface area (Å²) < 4.78 is 0. The van der Waals surface area contributed by atoms with Crippen molar-refractivity contribution in [1.82, 2.24) is 5.43 Å². The molecule has 4 heteroatoms. The Hall–Kier alpha value is -1.84. The van der Waals surface area contributed by atoms with Gasteiger partial charge in [-0.2, -0.15) is 5.10 Å². The summed E-state index contributed by atoms with van der Waals surface area (Å²) in [7, 11) is 0. The van der Waals surface area contributed by atoms with Crippen molar-refractivity contribution in [3.63, 3.8) is 0 Å². The molecule has 0 radical (unpaired) electrons. The summed E-state index contributed by atoms with van der Waals surface area (Å²) in [5.41, 5.74) is 4.34. The third kappa shape index (κ3) is 3.73. The molecule has 2 amide bonds. The van der Waals surface area contributed by atoms with Gasteiger partial charge in [0.05, 0.1) is 0 Å². The molecule has 2 N–H and O–H groups in total. The molecule has 0 heterocycles. The number of amides is 2. The third-order valence-corrected chi connectivity index (χ3v) is 2.09. The molecule has 0 saturated carbocycles. The van der Waals surface area contributed by atoms with E-state index in [1.54, 1.807) is 6.21 Å². The van der Waals surface area contributed by atoms with E-state index in [0.717, 1.165) is 24.1 Å². The molecule has 0 atom stereocenters. The minimum atomic E-state index is -0.314. The summed E-state index contributed by atoms with van der Waals surface area (Å²) in [5, 5.41) is 6.51. The van der Waals surface area contributed by atoms with E-state index in [0.29, 0.717) is 0 Å². The lowest BCUT2D eigenvalue weighted by molar-refractivity contribution is 0.252. The molecule has 0 aliphatic carbocycles. The average molecular weight is 219 g/mol. The minimum Gasteiger partial charge on any atom is -0.306 e. The van der Waals surface area contributed by atoms with E-state index in [4.69, 9.17) is 0 Å². The lowest BCUT2D eigenvalue weighted by atomic mass is 10.1. The summed E-state index contributed by atoms with van der Waals surface area (Å²) in [6.07, 6.45) is 3.33. The zero-order valence-electron chi connectivity index (χ0n) is 9.66. The second-order valence-electron chi connectivity index (χ2n) is 3.30. The van der Waals surface area contributed by atoms with Crippen molar-refractivity contribution in [3.8, 4) is 0 Å². The van der Waals surface area contributed by atoms with Crippen LogP contribution >= 0.6 is 0 Å². The molecule has 0 aromatic heterocycles. The molecule has 0 fully saturated rings. The highest BCUT2D eigenvalue weighted by Gasteiger charge is 2.03. The van der Waals surface area contributed by atoms with Gasteiger partial charge < -0.3 is 5.32 Å². The number of carbonyl (C=O) groups excluding carboxylic acids is 1. The zero-order chi connectivity index (χ0) is 11.8. The van der Waals surface area contributed by atoms with Gasteiger partial charge in [-0.3, -0.25) is 0 Å². The van der Waals surface area contributed by atoms with E-state index in [2.05, 4.69) is 15.8 Å². The number of hydrogen-bond donors (Lipinski definition) is 2. The van der Waals surface area contributed by atoms with Crippen LogP contribution in [0.3, 0.4) is 0 Å². The van der Waals surface area contributed by atoms with Gasteiger partial charge in [-0.05, 0) is 24.5 Å². The Morgan fingerprint density at radius 2 is 2.12 bits per heavy atom. The topological polar surface area (TPSA) is 53.5 Å².